The van der Waals surface area contributed by atoms with Gasteiger partial charge in [0.1, 0.15) is 11.5 Å². The van der Waals surface area contributed by atoms with Crippen LogP contribution < -0.4 is 10.6 Å². The Kier molecular flexibility index (Phi) is 4.55. The highest BCUT2D eigenvalue weighted by Gasteiger charge is 2.34. The van der Waals surface area contributed by atoms with Gasteiger partial charge in [-0.3, -0.25) is 4.79 Å². The summed E-state index contributed by atoms with van der Waals surface area (Å²) in [4.78, 5) is 16.0. The van der Waals surface area contributed by atoms with Gasteiger partial charge in [-0.05, 0) is 19.1 Å². The molecule has 2 N–H and O–H groups in total. The van der Waals surface area contributed by atoms with Crippen LogP contribution in [0.3, 0.4) is 0 Å². The van der Waals surface area contributed by atoms with Gasteiger partial charge in [-0.2, -0.15) is 18.4 Å². The molecule has 1 aromatic rings. The number of anilines is 1. The van der Waals surface area contributed by atoms with Crippen molar-refractivity contribution in [2.24, 2.45) is 11.7 Å². The molecule has 1 unspecified atom stereocenters. The minimum Gasteiger partial charge on any atom is -0.365 e. The van der Waals surface area contributed by atoms with E-state index in [2.05, 4.69) is 4.98 Å². The van der Waals surface area contributed by atoms with E-state index in [-0.39, 0.29) is 17.9 Å². The SMILES string of the molecule is CC(C#N)CN(C)c1nc(C(F)(F)F)ccc1C(N)=O. The zero-order chi connectivity index (χ0) is 15.5. The van der Waals surface area contributed by atoms with E-state index in [1.54, 1.807) is 6.92 Å². The second kappa shape index (κ2) is 5.77. The van der Waals surface area contributed by atoms with Gasteiger partial charge >= 0.3 is 6.18 Å². The molecule has 20 heavy (non-hydrogen) atoms. The third-order valence-electron chi connectivity index (χ3n) is 2.56. The van der Waals surface area contributed by atoms with Crippen LogP contribution in [0.2, 0.25) is 0 Å². The van der Waals surface area contributed by atoms with Crippen molar-refractivity contribution < 1.29 is 18.0 Å². The molecule has 0 aromatic carbocycles. The summed E-state index contributed by atoms with van der Waals surface area (Å²) in [5.74, 6) is -1.50. The Morgan fingerprint density at radius 2 is 2.15 bits per heavy atom. The monoisotopic (exact) mass is 286 g/mol. The molecule has 0 saturated carbocycles. The Morgan fingerprint density at radius 1 is 1.55 bits per heavy atom. The highest BCUT2D eigenvalue weighted by Crippen LogP contribution is 2.30. The van der Waals surface area contributed by atoms with Crippen molar-refractivity contribution in [1.82, 2.24) is 4.98 Å². The zero-order valence-electron chi connectivity index (χ0n) is 10.9. The Morgan fingerprint density at radius 3 is 2.60 bits per heavy atom. The summed E-state index contributed by atoms with van der Waals surface area (Å²) in [6, 6.07) is 3.64. The number of nitrogens with two attached hydrogens (primary N) is 1. The molecule has 0 aliphatic heterocycles. The van der Waals surface area contributed by atoms with Crippen LogP contribution in [0.1, 0.15) is 23.0 Å². The highest BCUT2D eigenvalue weighted by molar-refractivity contribution is 5.97. The molecule has 0 fully saturated rings. The predicted molar refractivity (Wildman–Crippen MR) is 65.8 cm³/mol. The van der Waals surface area contributed by atoms with E-state index in [4.69, 9.17) is 11.0 Å². The van der Waals surface area contributed by atoms with Crippen LogP contribution in [0, 0.1) is 17.2 Å². The molecule has 8 heteroatoms. The van der Waals surface area contributed by atoms with Crippen molar-refractivity contribution in [2.45, 2.75) is 13.1 Å². The molecule has 1 rings (SSSR count). The number of amides is 1. The number of aromatic nitrogens is 1. The fraction of sp³-hybridized carbons (Fsp3) is 0.417. The minimum atomic E-state index is -4.62. The molecule has 0 saturated heterocycles. The molecular weight excluding hydrogens is 273 g/mol. The third kappa shape index (κ3) is 3.60. The molecule has 0 radical (unpaired) electrons. The first-order valence-electron chi connectivity index (χ1n) is 5.65. The van der Waals surface area contributed by atoms with Crippen molar-refractivity contribution >= 4 is 11.7 Å². The summed E-state index contributed by atoms with van der Waals surface area (Å²) >= 11 is 0. The van der Waals surface area contributed by atoms with Crippen LogP contribution in [-0.4, -0.2) is 24.5 Å². The van der Waals surface area contributed by atoms with E-state index in [0.29, 0.717) is 6.07 Å². The third-order valence-corrected chi connectivity index (χ3v) is 2.56. The van der Waals surface area contributed by atoms with Crippen LogP contribution in [-0.2, 0) is 6.18 Å². The Balaban J connectivity index is 3.26. The van der Waals surface area contributed by atoms with Crippen molar-refractivity contribution in [3.63, 3.8) is 0 Å². The lowest BCUT2D eigenvalue weighted by atomic mass is 10.1. The summed E-state index contributed by atoms with van der Waals surface area (Å²) in [5, 5.41) is 8.72. The van der Waals surface area contributed by atoms with Crippen molar-refractivity contribution in [3.05, 3.63) is 23.4 Å². The summed E-state index contributed by atoms with van der Waals surface area (Å²) < 4.78 is 37.9. The van der Waals surface area contributed by atoms with E-state index in [9.17, 15) is 18.0 Å². The van der Waals surface area contributed by atoms with Gasteiger partial charge in [0.15, 0.2) is 0 Å². The molecule has 5 nitrogen and oxygen atoms in total. The van der Waals surface area contributed by atoms with Crippen molar-refractivity contribution in [2.75, 3.05) is 18.5 Å². The van der Waals surface area contributed by atoms with Gasteiger partial charge in [0.05, 0.1) is 17.6 Å². The second-order valence-electron chi connectivity index (χ2n) is 4.34. The van der Waals surface area contributed by atoms with Gasteiger partial charge in [-0.25, -0.2) is 4.98 Å². The maximum absolute atomic E-state index is 12.6. The van der Waals surface area contributed by atoms with Crippen LogP contribution in [0.25, 0.3) is 0 Å². The van der Waals surface area contributed by atoms with Gasteiger partial charge in [0, 0.05) is 13.6 Å². The number of carbonyl (C=O) groups excluding carboxylic acids is 1. The lowest BCUT2D eigenvalue weighted by molar-refractivity contribution is -0.141. The standard InChI is InChI=1S/C12H13F3N4O/c1-7(5-16)6-19(2)11-8(10(17)20)3-4-9(18-11)12(13,14)15/h3-4,7H,6H2,1-2H3,(H2,17,20). The van der Waals surface area contributed by atoms with Gasteiger partial charge in [-0.15, -0.1) is 0 Å². The maximum Gasteiger partial charge on any atom is 0.433 e. The first-order chi connectivity index (χ1) is 9.16. The number of nitriles is 1. The first kappa shape index (κ1) is 15.8. The molecular formula is C12H13F3N4O. The topological polar surface area (TPSA) is 83.0 Å². The van der Waals surface area contributed by atoms with Crippen LogP contribution in [0.15, 0.2) is 12.1 Å². The number of hydrogen-bond acceptors (Lipinski definition) is 4. The van der Waals surface area contributed by atoms with Gasteiger partial charge < -0.3 is 10.6 Å². The Labute approximate surface area is 113 Å². The molecule has 1 heterocycles. The molecule has 1 atom stereocenters. The number of halogens is 3. The number of hydrogen-bond donors (Lipinski definition) is 1. The summed E-state index contributed by atoms with van der Waals surface area (Å²) in [7, 11) is 1.45. The molecule has 0 spiro atoms. The first-order valence-corrected chi connectivity index (χ1v) is 5.65. The smallest absolute Gasteiger partial charge is 0.365 e. The Bertz CT molecular complexity index is 551. The Hall–Kier alpha value is -2.30. The second-order valence-corrected chi connectivity index (χ2v) is 4.34. The van der Waals surface area contributed by atoms with E-state index >= 15 is 0 Å². The van der Waals surface area contributed by atoms with Crippen LogP contribution >= 0.6 is 0 Å². The molecule has 1 amide bonds. The summed E-state index contributed by atoms with van der Waals surface area (Å²) in [5.41, 5.74) is 3.89. The fourth-order valence-electron chi connectivity index (χ4n) is 1.63. The zero-order valence-corrected chi connectivity index (χ0v) is 10.9. The lowest BCUT2D eigenvalue weighted by Gasteiger charge is -2.22. The number of carbonyl (C=O) groups is 1. The number of pyridine rings is 1. The quantitative estimate of drug-likeness (QED) is 0.914. The van der Waals surface area contributed by atoms with Gasteiger partial charge in [0.25, 0.3) is 5.91 Å². The average Bonchev–Trinajstić information content (AvgIpc) is 2.36. The number of nitrogens with zero attached hydrogens (tertiary/aromatic N) is 3. The van der Waals surface area contributed by atoms with E-state index in [0.717, 1.165) is 6.07 Å². The van der Waals surface area contributed by atoms with Crippen LogP contribution in [0.5, 0.6) is 0 Å². The van der Waals surface area contributed by atoms with Crippen LogP contribution in [0.4, 0.5) is 19.0 Å². The summed E-state index contributed by atoms with van der Waals surface area (Å²) in [6.07, 6.45) is -4.62. The highest BCUT2D eigenvalue weighted by atomic mass is 19.4. The molecule has 0 aliphatic carbocycles. The van der Waals surface area contributed by atoms with Crippen molar-refractivity contribution in [1.29, 1.82) is 5.26 Å². The minimum absolute atomic E-state index is 0.120. The predicted octanol–water partition coefficient (Wildman–Crippen LogP) is 1.80. The number of alkyl halides is 3. The summed E-state index contributed by atoms with van der Waals surface area (Å²) in [6.45, 7) is 1.74. The molecule has 108 valence electrons. The lowest BCUT2D eigenvalue weighted by Crippen LogP contribution is -2.28. The normalized spacial score (nSPS) is 12.6. The number of rotatable bonds is 4. The molecule has 0 aliphatic rings. The van der Waals surface area contributed by atoms with Crippen molar-refractivity contribution in [3.8, 4) is 6.07 Å². The maximum atomic E-state index is 12.6. The van der Waals surface area contributed by atoms with Gasteiger partial charge in [-0.1, -0.05) is 0 Å². The molecule has 0 bridgehead atoms. The average molecular weight is 286 g/mol. The van der Waals surface area contributed by atoms with Gasteiger partial charge in [0.2, 0.25) is 0 Å². The fourth-order valence-corrected chi connectivity index (χ4v) is 1.63. The van der Waals surface area contributed by atoms with E-state index < -0.39 is 23.7 Å². The van der Waals surface area contributed by atoms with E-state index in [1.165, 1.54) is 11.9 Å². The largest absolute Gasteiger partial charge is 0.433 e. The number of primary amides is 1. The van der Waals surface area contributed by atoms with E-state index in [1.807, 2.05) is 6.07 Å². The molecule has 1 aromatic heterocycles.